The van der Waals surface area contributed by atoms with Crippen molar-refractivity contribution in [3.8, 4) is 0 Å². The van der Waals surface area contributed by atoms with Crippen LogP contribution in [-0.4, -0.2) is 61.5 Å². The van der Waals surface area contributed by atoms with Crippen molar-refractivity contribution in [3.63, 3.8) is 0 Å². The topological polar surface area (TPSA) is 95.5 Å². The minimum atomic E-state index is -3.36. The maximum atomic E-state index is 11.8. The quantitative estimate of drug-likeness (QED) is 0.781. The van der Waals surface area contributed by atoms with E-state index in [9.17, 15) is 13.2 Å². The summed E-state index contributed by atoms with van der Waals surface area (Å²) >= 11 is 0. The highest BCUT2D eigenvalue weighted by molar-refractivity contribution is 7.88. The van der Waals surface area contributed by atoms with Crippen LogP contribution in [0.3, 0.4) is 0 Å². The number of nitrogens with zero attached hydrogens (tertiary/aromatic N) is 4. The molecule has 2 rings (SSSR count). The van der Waals surface area contributed by atoms with Crippen LogP contribution in [-0.2, 0) is 21.4 Å². The molecule has 1 fully saturated rings. The van der Waals surface area contributed by atoms with Crippen molar-refractivity contribution in [1.82, 2.24) is 19.6 Å². The van der Waals surface area contributed by atoms with Crippen molar-refractivity contribution >= 4 is 21.9 Å². The van der Waals surface area contributed by atoms with E-state index in [0.717, 1.165) is 36.5 Å². The van der Waals surface area contributed by atoms with Crippen LogP contribution in [0.4, 0.5) is 5.95 Å². The second-order valence-electron chi connectivity index (χ2n) is 5.69. The molecule has 1 aliphatic rings. The van der Waals surface area contributed by atoms with Crippen LogP contribution >= 0.6 is 0 Å². The van der Waals surface area contributed by atoms with Gasteiger partial charge in [0.2, 0.25) is 21.9 Å². The number of hydrogen-bond acceptors (Lipinski definition) is 6. The summed E-state index contributed by atoms with van der Waals surface area (Å²) in [4.78, 5) is 22.7. The first-order valence-corrected chi connectivity index (χ1v) is 9.46. The molecule has 0 saturated carbocycles. The number of carbonyl (C=O) groups is 1. The minimum absolute atomic E-state index is 0.205. The van der Waals surface area contributed by atoms with Crippen molar-refractivity contribution in [2.45, 2.75) is 25.8 Å². The predicted molar refractivity (Wildman–Crippen MR) is 87.4 cm³/mol. The normalized spacial score (nSPS) is 15.7. The van der Waals surface area contributed by atoms with Crippen LogP contribution in [0.25, 0.3) is 0 Å². The van der Waals surface area contributed by atoms with E-state index in [4.69, 9.17) is 0 Å². The van der Waals surface area contributed by atoms with Gasteiger partial charge < -0.3 is 10.2 Å². The molecule has 1 aromatic rings. The Hall–Kier alpha value is -1.74. The van der Waals surface area contributed by atoms with E-state index in [-0.39, 0.29) is 19.0 Å². The Morgan fingerprint density at radius 3 is 2.70 bits per heavy atom. The molecule has 1 amide bonds. The van der Waals surface area contributed by atoms with Gasteiger partial charge in [0.05, 0.1) is 25.0 Å². The molecule has 1 aliphatic heterocycles. The third-order valence-corrected chi connectivity index (χ3v) is 5.00. The fraction of sp³-hybridized carbons (Fsp3) is 0.643. The summed E-state index contributed by atoms with van der Waals surface area (Å²) < 4.78 is 23.6. The van der Waals surface area contributed by atoms with Crippen molar-refractivity contribution in [2.24, 2.45) is 0 Å². The Balaban J connectivity index is 1.89. The zero-order valence-corrected chi connectivity index (χ0v) is 14.3. The van der Waals surface area contributed by atoms with Crippen molar-refractivity contribution in [3.05, 3.63) is 18.0 Å². The van der Waals surface area contributed by atoms with Crippen molar-refractivity contribution in [2.75, 3.05) is 37.8 Å². The summed E-state index contributed by atoms with van der Waals surface area (Å²) in [6, 6.07) is 1.74. The summed E-state index contributed by atoms with van der Waals surface area (Å²) in [5, 5.41) is 2.68. The van der Waals surface area contributed by atoms with E-state index >= 15 is 0 Å². The Bertz CT molecular complexity index is 644. The minimum Gasteiger partial charge on any atom is -0.349 e. The van der Waals surface area contributed by atoms with Gasteiger partial charge in [0, 0.05) is 26.3 Å². The molecule has 2 heterocycles. The number of piperidine rings is 1. The molecule has 128 valence electrons. The van der Waals surface area contributed by atoms with E-state index in [1.165, 1.54) is 13.5 Å². The second kappa shape index (κ2) is 7.69. The lowest BCUT2D eigenvalue weighted by Crippen LogP contribution is -2.37. The molecule has 1 saturated heterocycles. The van der Waals surface area contributed by atoms with Crippen LogP contribution in [0.5, 0.6) is 0 Å². The lowest BCUT2D eigenvalue weighted by atomic mass is 10.1. The number of sulfonamides is 1. The van der Waals surface area contributed by atoms with Crippen LogP contribution < -0.4 is 10.2 Å². The fourth-order valence-electron chi connectivity index (χ4n) is 2.29. The summed E-state index contributed by atoms with van der Waals surface area (Å²) in [5.41, 5.74) is 0.705. The van der Waals surface area contributed by atoms with Gasteiger partial charge in [-0.2, -0.15) is 4.31 Å². The first-order valence-electron chi connectivity index (χ1n) is 7.61. The molecule has 1 N–H and O–H groups in total. The number of hydrogen-bond donors (Lipinski definition) is 1. The lowest BCUT2D eigenvalue weighted by Gasteiger charge is -2.26. The van der Waals surface area contributed by atoms with Gasteiger partial charge in [-0.3, -0.25) is 4.79 Å². The molecular weight excluding hydrogens is 318 g/mol. The van der Waals surface area contributed by atoms with Crippen molar-refractivity contribution in [1.29, 1.82) is 0 Å². The number of rotatable bonds is 6. The molecule has 0 spiro atoms. The average Bonchev–Trinajstić information content (AvgIpc) is 2.53. The van der Waals surface area contributed by atoms with Crippen LogP contribution in [0.1, 0.15) is 25.0 Å². The van der Waals surface area contributed by atoms with Gasteiger partial charge in [0.1, 0.15) is 0 Å². The monoisotopic (exact) mass is 341 g/mol. The molecule has 0 bridgehead atoms. The molecule has 9 heteroatoms. The maximum Gasteiger partial charge on any atom is 0.235 e. The summed E-state index contributed by atoms with van der Waals surface area (Å²) in [7, 11) is -1.99. The molecule has 23 heavy (non-hydrogen) atoms. The third kappa shape index (κ3) is 5.43. The molecule has 0 unspecified atom stereocenters. The standard InChI is InChI=1S/C14H23N5O3S/c1-18(23(2,21)22)11-13(20)16-10-12-6-7-15-14(17-12)19-8-4-3-5-9-19/h6-7H,3-5,8-11H2,1-2H3,(H,16,20). The molecule has 0 aromatic carbocycles. The molecular formula is C14H23N5O3S. The van der Waals surface area contributed by atoms with E-state index in [1.807, 2.05) is 0 Å². The van der Waals surface area contributed by atoms with Gasteiger partial charge in [-0.25, -0.2) is 18.4 Å². The number of aromatic nitrogens is 2. The van der Waals surface area contributed by atoms with Gasteiger partial charge in [-0.1, -0.05) is 0 Å². The van der Waals surface area contributed by atoms with Gasteiger partial charge in [0.25, 0.3) is 0 Å². The van der Waals surface area contributed by atoms with Gasteiger partial charge in [0.15, 0.2) is 0 Å². The highest BCUT2D eigenvalue weighted by Gasteiger charge is 2.16. The van der Waals surface area contributed by atoms with Crippen LogP contribution in [0.15, 0.2) is 12.3 Å². The molecule has 1 aromatic heterocycles. The molecule has 0 aliphatic carbocycles. The SMILES string of the molecule is CN(CC(=O)NCc1ccnc(N2CCCCC2)n1)S(C)(=O)=O. The van der Waals surface area contributed by atoms with E-state index in [2.05, 4.69) is 20.2 Å². The largest absolute Gasteiger partial charge is 0.349 e. The van der Waals surface area contributed by atoms with Gasteiger partial charge in [-0.15, -0.1) is 0 Å². The smallest absolute Gasteiger partial charge is 0.235 e. The molecule has 0 atom stereocenters. The fourth-order valence-corrected chi connectivity index (χ4v) is 2.65. The Morgan fingerprint density at radius 1 is 1.35 bits per heavy atom. The van der Waals surface area contributed by atoms with Crippen LogP contribution in [0.2, 0.25) is 0 Å². The summed E-state index contributed by atoms with van der Waals surface area (Å²) in [6.07, 6.45) is 6.26. The van der Waals surface area contributed by atoms with Gasteiger partial charge in [-0.05, 0) is 25.3 Å². The van der Waals surface area contributed by atoms with Crippen LogP contribution in [0, 0.1) is 0 Å². The summed E-state index contributed by atoms with van der Waals surface area (Å²) in [6.45, 7) is 1.95. The number of amides is 1. The third-order valence-electron chi connectivity index (χ3n) is 3.74. The van der Waals surface area contributed by atoms with Crippen molar-refractivity contribution < 1.29 is 13.2 Å². The number of carbonyl (C=O) groups excluding carboxylic acids is 1. The average molecular weight is 341 g/mol. The van der Waals surface area contributed by atoms with E-state index in [1.54, 1.807) is 12.3 Å². The first kappa shape index (κ1) is 17.6. The Morgan fingerprint density at radius 2 is 2.04 bits per heavy atom. The molecule has 0 radical (unpaired) electrons. The predicted octanol–water partition coefficient (Wildman–Crippen LogP) is -0.0255. The first-order chi connectivity index (χ1) is 10.9. The zero-order valence-electron chi connectivity index (χ0n) is 13.5. The molecule has 8 nitrogen and oxygen atoms in total. The van der Waals surface area contributed by atoms with Gasteiger partial charge >= 0.3 is 0 Å². The Labute approximate surface area is 137 Å². The number of nitrogens with one attached hydrogen (secondary N) is 1. The Kier molecular flexibility index (Phi) is 5.89. The second-order valence-corrected chi connectivity index (χ2v) is 7.78. The highest BCUT2D eigenvalue weighted by Crippen LogP contribution is 2.15. The van der Waals surface area contributed by atoms with E-state index in [0.29, 0.717) is 11.6 Å². The highest BCUT2D eigenvalue weighted by atomic mass is 32.2. The summed E-state index contributed by atoms with van der Waals surface area (Å²) in [5.74, 6) is 0.320. The lowest BCUT2D eigenvalue weighted by molar-refractivity contribution is -0.121. The zero-order chi connectivity index (χ0) is 16.9. The number of likely N-dealkylation sites (N-methyl/N-ethyl adjacent to an activating group) is 1. The number of anilines is 1. The maximum absolute atomic E-state index is 11.8. The van der Waals surface area contributed by atoms with E-state index < -0.39 is 10.0 Å².